The number of rotatable bonds is 9. The van der Waals surface area contributed by atoms with Gasteiger partial charge in [0.2, 0.25) is 0 Å². The maximum Gasteiger partial charge on any atom is 0.147 e. The van der Waals surface area contributed by atoms with Crippen LogP contribution < -0.4 is 0 Å². The van der Waals surface area contributed by atoms with Gasteiger partial charge in [-0.25, -0.2) is 0 Å². The molecule has 0 aliphatic heterocycles. The third-order valence-electron chi connectivity index (χ3n) is 2.15. The van der Waals surface area contributed by atoms with Crippen molar-refractivity contribution in [1.82, 2.24) is 0 Å². The molecule has 0 aliphatic carbocycles. The van der Waals surface area contributed by atoms with Gasteiger partial charge in [0.15, 0.2) is 0 Å². The topological polar surface area (TPSA) is 18.5 Å². The van der Waals surface area contributed by atoms with E-state index in [2.05, 4.69) is 12.2 Å². The van der Waals surface area contributed by atoms with Crippen molar-refractivity contribution < 1.29 is 9.47 Å². The highest BCUT2D eigenvalue weighted by molar-refractivity contribution is 6.17. The van der Waals surface area contributed by atoms with Gasteiger partial charge in [-0.15, -0.1) is 11.6 Å². The van der Waals surface area contributed by atoms with Crippen molar-refractivity contribution in [3.05, 3.63) is 48.0 Å². The van der Waals surface area contributed by atoms with E-state index in [1.54, 1.807) is 0 Å². The summed E-state index contributed by atoms with van der Waals surface area (Å²) in [5, 5.41) is 0. The first-order valence-electron chi connectivity index (χ1n) is 5.84. The lowest BCUT2D eigenvalue weighted by Crippen LogP contribution is -2.01. The molecule has 0 amide bonds. The van der Waals surface area contributed by atoms with Gasteiger partial charge in [-0.3, -0.25) is 0 Å². The Bertz CT molecular complexity index is 298. The highest BCUT2D eigenvalue weighted by Crippen LogP contribution is 2.00. The van der Waals surface area contributed by atoms with Crippen molar-refractivity contribution in [3.63, 3.8) is 0 Å². The van der Waals surface area contributed by atoms with Crippen LogP contribution in [0.4, 0.5) is 0 Å². The van der Waals surface area contributed by atoms with Gasteiger partial charge in [-0.1, -0.05) is 42.5 Å². The molecule has 0 atom stereocenters. The molecule has 0 heterocycles. The standard InChI is InChI=1S/C14H19ClO2/c15-10-6-1-2-7-11-16-13-17-12-14-8-4-3-5-9-14/h1-5,8-9H,6-7,10-13H2/b2-1-. The van der Waals surface area contributed by atoms with E-state index in [-0.39, 0.29) is 0 Å². The molecular weight excluding hydrogens is 236 g/mol. The fourth-order valence-corrected chi connectivity index (χ4v) is 1.43. The van der Waals surface area contributed by atoms with E-state index in [0.717, 1.165) is 18.4 Å². The average Bonchev–Trinajstić information content (AvgIpc) is 2.38. The third kappa shape index (κ3) is 7.97. The summed E-state index contributed by atoms with van der Waals surface area (Å²) in [7, 11) is 0. The summed E-state index contributed by atoms with van der Waals surface area (Å²) in [4.78, 5) is 0. The largest absolute Gasteiger partial charge is 0.355 e. The van der Waals surface area contributed by atoms with Crippen molar-refractivity contribution >= 4 is 11.6 Å². The minimum Gasteiger partial charge on any atom is -0.355 e. The molecule has 17 heavy (non-hydrogen) atoms. The SMILES string of the molecule is ClCC/C=C\CCOCOCc1ccccc1. The van der Waals surface area contributed by atoms with Gasteiger partial charge >= 0.3 is 0 Å². The second-order valence-corrected chi connectivity index (χ2v) is 3.98. The summed E-state index contributed by atoms with van der Waals surface area (Å²) >= 11 is 5.54. The second-order valence-electron chi connectivity index (χ2n) is 3.60. The van der Waals surface area contributed by atoms with Crippen LogP contribution >= 0.6 is 11.6 Å². The first kappa shape index (κ1) is 14.2. The van der Waals surface area contributed by atoms with Crippen molar-refractivity contribution in [2.75, 3.05) is 19.3 Å². The molecule has 94 valence electrons. The summed E-state index contributed by atoms with van der Waals surface area (Å²) in [5.41, 5.74) is 1.16. The van der Waals surface area contributed by atoms with Gasteiger partial charge in [0, 0.05) is 5.88 Å². The van der Waals surface area contributed by atoms with Gasteiger partial charge in [0.1, 0.15) is 6.79 Å². The predicted molar refractivity (Wildman–Crippen MR) is 71.1 cm³/mol. The van der Waals surface area contributed by atoms with Gasteiger partial charge in [-0.05, 0) is 18.4 Å². The van der Waals surface area contributed by atoms with Gasteiger partial charge < -0.3 is 9.47 Å². The van der Waals surface area contributed by atoms with E-state index in [0.29, 0.717) is 25.9 Å². The Morgan fingerprint density at radius 2 is 1.76 bits per heavy atom. The molecule has 0 aromatic heterocycles. The molecule has 3 heteroatoms. The Morgan fingerprint density at radius 3 is 2.53 bits per heavy atom. The fraction of sp³-hybridized carbons (Fsp3) is 0.429. The molecule has 0 unspecified atom stereocenters. The Hall–Kier alpha value is -0.830. The summed E-state index contributed by atoms with van der Waals surface area (Å²) in [5.74, 6) is 0.678. The normalized spacial score (nSPS) is 11.1. The van der Waals surface area contributed by atoms with E-state index in [9.17, 15) is 0 Å². The van der Waals surface area contributed by atoms with E-state index in [4.69, 9.17) is 21.1 Å². The van der Waals surface area contributed by atoms with Crippen molar-refractivity contribution in [2.24, 2.45) is 0 Å². The van der Waals surface area contributed by atoms with Crippen LogP contribution in [0.5, 0.6) is 0 Å². The fourth-order valence-electron chi connectivity index (χ4n) is 1.30. The third-order valence-corrected chi connectivity index (χ3v) is 2.37. The molecule has 0 spiro atoms. The molecular formula is C14H19ClO2. The highest BCUT2D eigenvalue weighted by atomic mass is 35.5. The monoisotopic (exact) mass is 254 g/mol. The maximum absolute atomic E-state index is 5.54. The van der Waals surface area contributed by atoms with Crippen LogP contribution in [-0.2, 0) is 16.1 Å². The lowest BCUT2D eigenvalue weighted by atomic mass is 10.2. The molecule has 0 bridgehead atoms. The number of alkyl halides is 1. The summed E-state index contributed by atoms with van der Waals surface area (Å²) in [6.45, 7) is 1.63. The molecule has 0 N–H and O–H groups in total. The summed E-state index contributed by atoms with van der Waals surface area (Å²) < 4.78 is 10.7. The van der Waals surface area contributed by atoms with Crippen LogP contribution in [0.3, 0.4) is 0 Å². The molecule has 0 radical (unpaired) electrons. The van der Waals surface area contributed by atoms with Crippen molar-refractivity contribution in [1.29, 1.82) is 0 Å². The Morgan fingerprint density at radius 1 is 1.00 bits per heavy atom. The molecule has 1 aromatic carbocycles. The van der Waals surface area contributed by atoms with Crippen LogP contribution in [0, 0.1) is 0 Å². The lowest BCUT2D eigenvalue weighted by molar-refractivity contribution is -0.0600. The number of allylic oxidation sites excluding steroid dienone is 1. The zero-order valence-electron chi connectivity index (χ0n) is 9.98. The van der Waals surface area contributed by atoms with Gasteiger partial charge in [0.05, 0.1) is 13.2 Å². The van der Waals surface area contributed by atoms with Crippen LogP contribution in [0.25, 0.3) is 0 Å². The summed E-state index contributed by atoms with van der Waals surface area (Å²) in [6, 6.07) is 10.1. The lowest BCUT2D eigenvalue weighted by Gasteiger charge is -2.04. The average molecular weight is 255 g/mol. The van der Waals surface area contributed by atoms with Gasteiger partial charge in [0.25, 0.3) is 0 Å². The molecule has 2 nitrogen and oxygen atoms in total. The van der Waals surface area contributed by atoms with E-state index >= 15 is 0 Å². The quantitative estimate of drug-likeness (QED) is 0.289. The molecule has 1 aromatic rings. The smallest absolute Gasteiger partial charge is 0.147 e. The Labute approximate surface area is 108 Å². The van der Waals surface area contributed by atoms with Crippen molar-refractivity contribution in [2.45, 2.75) is 19.4 Å². The number of halogens is 1. The number of hydrogen-bond acceptors (Lipinski definition) is 2. The van der Waals surface area contributed by atoms with E-state index in [1.165, 1.54) is 0 Å². The zero-order chi connectivity index (χ0) is 12.2. The van der Waals surface area contributed by atoms with Crippen LogP contribution in [0.15, 0.2) is 42.5 Å². The van der Waals surface area contributed by atoms with E-state index < -0.39 is 0 Å². The first-order valence-corrected chi connectivity index (χ1v) is 6.37. The highest BCUT2D eigenvalue weighted by Gasteiger charge is 1.91. The maximum atomic E-state index is 5.54. The van der Waals surface area contributed by atoms with Crippen LogP contribution in [0.1, 0.15) is 18.4 Å². The first-order chi connectivity index (χ1) is 8.43. The zero-order valence-corrected chi connectivity index (χ0v) is 10.7. The Kier molecular flexibility index (Phi) is 8.65. The molecule has 0 fully saturated rings. The van der Waals surface area contributed by atoms with E-state index in [1.807, 2.05) is 30.3 Å². The minimum atomic E-state index is 0.345. The number of ether oxygens (including phenoxy) is 2. The molecule has 0 saturated carbocycles. The number of benzene rings is 1. The minimum absolute atomic E-state index is 0.345. The Balaban J connectivity index is 1.91. The molecule has 1 rings (SSSR count). The molecule has 0 saturated heterocycles. The summed E-state index contributed by atoms with van der Waals surface area (Å²) in [6.07, 6.45) is 5.98. The molecule has 0 aliphatic rings. The second kappa shape index (κ2) is 10.3. The number of hydrogen-bond donors (Lipinski definition) is 0. The predicted octanol–water partition coefficient (Wildman–Crippen LogP) is 3.75. The van der Waals surface area contributed by atoms with Crippen LogP contribution in [0.2, 0.25) is 0 Å². The van der Waals surface area contributed by atoms with Crippen LogP contribution in [-0.4, -0.2) is 19.3 Å². The van der Waals surface area contributed by atoms with Crippen molar-refractivity contribution in [3.8, 4) is 0 Å². The van der Waals surface area contributed by atoms with Gasteiger partial charge in [-0.2, -0.15) is 0 Å².